The molecule has 0 radical (unpaired) electrons. The standard InChI is InChI=1S/C38H44Cl2/c1-5-7-9-11-13-31-26-38(36-22-20-34(40)24-28(36)4)32(14-12-10-8-6-2)25-37(31)30-17-15-29(16-18-30)35-21-19-33(39)23-27(35)3/h15-26H,5-14H2,1-4H3. The number of rotatable bonds is 13. The van der Waals surface area contributed by atoms with Crippen LogP contribution in [0.2, 0.25) is 10.0 Å². The molecule has 0 spiro atoms. The number of hydrogen-bond acceptors (Lipinski definition) is 0. The summed E-state index contributed by atoms with van der Waals surface area (Å²) >= 11 is 12.6. The molecular weight excluding hydrogens is 527 g/mol. The average molecular weight is 572 g/mol. The summed E-state index contributed by atoms with van der Waals surface area (Å²) in [7, 11) is 0. The normalized spacial score (nSPS) is 11.2. The topological polar surface area (TPSA) is 0 Å². The van der Waals surface area contributed by atoms with Gasteiger partial charge in [0.2, 0.25) is 0 Å². The summed E-state index contributed by atoms with van der Waals surface area (Å²) < 4.78 is 0. The van der Waals surface area contributed by atoms with Crippen molar-refractivity contribution in [2.75, 3.05) is 0 Å². The maximum atomic E-state index is 6.37. The van der Waals surface area contributed by atoms with E-state index < -0.39 is 0 Å². The number of aryl methyl sites for hydroxylation is 4. The molecule has 2 heteroatoms. The molecule has 0 saturated heterocycles. The molecular formula is C38H44Cl2. The van der Waals surface area contributed by atoms with Gasteiger partial charge in [0.15, 0.2) is 0 Å². The quantitative estimate of drug-likeness (QED) is 0.140. The van der Waals surface area contributed by atoms with Gasteiger partial charge in [0.05, 0.1) is 0 Å². The molecule has 4 rings (SSSR count). The molecule has 0 aromatic heterocycles. The Hall–Kier alpha value is -2.54. The van der Waals surface area contributed by atoms with E-state index in [9.17, 15) is 0 Å². The molecule has 0 aliphatic carbocycles. The van der Waals surface area contributed by atoms with Crippen LogP contribution in [-0.4, -0.2) is 0 Å². The van der Waals surface area contributed by atoms with E-state index >= 15 is 0 Å². The largest absolute Gasteiger partial charge is 0.0843 e. The van der Waals surface area contributed by atoms with Crippen LogP contribution in [0.3, 0.4) is 0 Å². The van der Waals surface area contributed by atoms with Crippen LogP contribution in [0.5, 0.6) is 0 Å². The molecule has 0 N–H and O–H groups in total. The van der Waals surface area contributed by atoms with Crippen molar-refractivity contribution in [1.29, 1.82) is 0 Å². The van der Waals surface area contributed by atoms with E-state index in [1.54, 1.807) is 0 Å². The van der Waals surface area contributed by atoms with Gasteiger partial charge in [-0.15, -0.1) is 0 Å². The highest BCUT2D eigenvalue weighted by Crippen LogP contribution is 2.37. The lowest BCUT2D eigenvalue weighted by molar-refractivity contribution is 0.664. The average Bonchev–Trinajstić information content (AvgIpc) is 2.94. The van der Waals surface area contributed by atoms with Crippen molar-refractivity contribution in [2.24, 2.45) is 0 Å². The fourth-order valence-electron chi connectivity index (χ4n) is 5.82. The first kappa shape index (κ1) is 30.4. The van der Waals surface area contributed by atoms with Crippen LogP contribution in [0.4, 0.5) is 0 Å². The molecule has 0 atom stereocenters. The summed E-state index contributed by atoms with van der Waals surface area (Å²) in [4.78, 5) is 0. The number of hydrogen-bond donors (Lipinski definition) is 0. The maximum absolute atomic E-state index is 6.37. The van der Waals surface area contributed by atoms with E-state index in [0.717, 1.165) is 22.9 Å². The van der Waals surface area contributed by atoms with Gasteiger partial charge in [-0.05, 0) is 119 Å². The van der Waals surface area contributed by atoms with Crippen LogP contribution < -0.4 is 0 Å². The van der Waals surface area contributed by atoms with Crippen molar-refractivity contribution in [2.45, 2.75) is 91.9 Å². The molecule has 0 fully saturated rings. The Morgan fingerprint density at radius 3 is 1.40 bits per heavy atom. The zero-order valence-electron chi connectivity index (χ0n) is 24.8. The van der Waals surface area contributed by atoms with Crippen LogP contribution in [-0.2, 0) is 12.8 Å². The minimum Gasteiger partial charge on any atom is -0.0843 e. The van der Waals surface area contributed by atoms with Gasteiger partial charge in [-0.25, -0.2) is 0 Å². The molecule has 0 nitrogen and oxygen atoms in total. The van der Waals surface area contributed by atoms with E-state index in [0.29, 0.717) is 0 Å². The summed E-state index contributed by atoms with van der Waals surface area (Å²) in [5, 5.41) is 1.59. The maximum Gasteiger partial charge on any atom is 0.0409 e. The van der Waals surface area contributed by atoms with Gasteiger partial charge in [0.1, 0.15) is 0 Å². The van der Waals surface area contributed by atoms with Gasteiger partial charge in [-0.3, -0.25) is 0 Å². The predicted molar refractivity (Wildman–Crippen MR) is 178 cm³/mol. The third kappa shape index (κ3) is 7.80. The molecule has 210 valence electrons. The first-order valence-corrected chi connectivity index (χ1v) is 16.0. The Morgan fingerprint density at radius 1 is 0.450 bits per heavy atom. The van der Waals surface area contributed by atoms with Crippen molar-refractivity contribution in [3.05, 3.63) is 105 Å². The first-order chi connectivity index (χ1) is 19.4. The van der Waals surface area contributed by atoms with Crippen molar-refractivity contribution in [3.8, 4) is 33.4 Å². The van der Waals surface area contributed by atoms with Gasteiger partial charge in [0, 0.05) is 10.0 Å². The van der Waals surface area contributed by atoms with Gasteiger partial charge < -0.3 is 0 Å². The van der Waals surface area contributed by atoms with Crippen LogP contribution in [0, 0.1) is 13.8 Å². The van der Waals surface area contributed by atoms with Crippen LogP contribution >= 0.6 is 23.2 Å². The van der Waals surface area contributed by atoms with Gasteiger partial charge >= 0.3 is 0 Å². The lowest BCUT2D eigenvalue weighted by Crippen LogP contribution is -1.99. The first-order valence-electron chi connectivity index (χ1n) is 15.2. The van der Waals surface area contributed by atoms with E-state index in [1.165, 1.54) is 107 Å². The predicted octanol–water partition coefficient (Wildman–Crippen LogP) is 12.9. The number of halogens is 2. The Bertz CT molecular complexity index is 1400. The Morgan fingerprint density at radius 2 is 0.900 bits per heavy atom. The Balaban J connectivity index is 1.78. The second-order valence-corrected chi connectivity index (χ2v) is 12.2. The molecule has 0 aliphatic rings. The smallest absolute Gasteiger partial charge is 0.0409 e. The lowest BCUT2D eigenvalue weighted by atomic mass is 9.85. The van der Waals surface area contributed by atoms with Crippen LogP contribution in [0.1, 0.15) is 87.5 Å². The fourth-order valence-corrected chi connectivity index (χ4v) is 6.27. The molecule has 0 aliphatic heterocycles. The third-order valence-electron chi connectivity index (χ3n) is 8.10. The van der Waals surface area contributed by atoms with Crippen LogP contribution in [0.25, 0.3) is 33.4 Å². The summed E-state index contributed by atoms with van der Waals surface area (Å²) in [5.41, 5.74) is 13.2. The summed E-state index contributed by atoms with van der Waals surface area (Å²) in [5.74, 6) is 0. The monoisotopic (exact) mass is 570 g/mol. The van der Waals surface area contributed by atoms with E-state index in [2.05, 4.69) is 82.3 Å². The number of unbranched alkanes of at least 4 members (excludes halogenated alkanes) is 6. The van der Waals surface area contributed by atoms with Gasteiger partial charge in [-0.2, -0.15) is 0 Å². The van der Waals surface area contributed by atoms with Gasteiger partial charge in [-0.1, -0.05) is 124 Å². The molecule has 0 saturated carbocycles. The molecule has 0 amide bonds. The minimum atomic E-state index is 0.785. The third-order valence-corrected chi connectivity index (χ3v) is 8.57. The molecule has 40 heavy (non-hydrogen) atoms. The molecule has 4 aromatic rings. The summed E-state index contributed by atoms with van der Waals surface area (Å²) in [6.07, 6.45) is 12.3. The summed E-state index contributed by atoms with van der Waals surface area (Å²) in [6.45, 7) is 8.88. The second kappa shape index (κ2) is 14.9. The zero-order valence-corrected chi connectivity index (χ0v) is 26.3. The minimum absolute atomic E-state index is 0.785. The molecule has 0 heterocycles. The summed E-state index contributed by atoms with van der Waals surface area (Å²) in [6, 6.07) is 26.7. The SMILES string of the molecule is CCCCCCc1cc(-c2ccc(Cl)cc2C)c(CCCCCC)cc1-c1ccc(-c2ccc(Cl)cc2C)cc1. The Kier molecular flexibility index (Phi) is 11.3. The highest BCUT2D eigenvalue weighted by Gasteiger charge is 2.15. The number of benzene rings is 4. The molecule has 4 aromatic carbocycles. The van der Waals surface area contributed by atoms with Crippen molar-refractivity contribution in [1.82, 2.24) is 0 Å². The lowest BCUT2D eigenvalue weighted by Gasteiger charge is -2.19. The second-order valence-electron chi connectivity index (χ2n) is 11.3. The van der Waals surface area contributed by atoms with Crippen molar-refractivity contribution < 1.29 is 0 Å². The van der Waals surface area contributed by atoms with Crippen molar-refractivity contribution in [3.63, 3.8) is 0 Å². The highest BCUT2D eigenvalue weighted by molar-refractivity contribution is 6.31. The Labute approximate surface area is 252 Å². The van der Waals surface area contributed by atoms with E-state index in [1.807, 2.05) is 18.2 Å². The molecule has 0 bridgehead atoms. The van der Waals surface area contributed by atoms with Gasteiger partial charge in [0.25, 0.3) is 0 Å². The van der Waals surface area contributed by atoms with E-state index in [4.69, 9.17) is 23.2 Å². The fraction of sp³-hybridized carbons (Fsp3) is 0.368. The molecule has 0 unspecified atom stereocenters. The highest BCUT2D eigenvalue weighted by atomic mass is 35.5. The van der Waals surface area contributed by atoms with Crippen LogP contribution in [0.15, 0.2) is 72.8 Å². The van der Waals surface area contributed by atoms with Crippen molar-refractivity contribution >= 4 is 23.2 Å². The zero-order chi connectivity index (χ0) is 28.5. The van der Waals surface area contributed by atoms with E-state index in [-0.39, 0.29) is 0 Å².